The maximum absolute atomic E-state index is 13.0. The Hall–Kier alpha value is -4.50. The third-order valence-corrected chi connectivity index (χ3v) is 6.38. The summed E-state index contributed by atoms with van der Waals surface area (Å²) in [6.07, 6.45) is 3.59. The minimum atomic E-state index is -1.00. The summed E-state index contributed by atoms with van der Waals surface area (Å²) in [5, 5.41) is 16.2. The minimum absolute atomic E-state index is 0.0229. The van der Waals surface area contributed by atoms with Crippen molar-refractivity contribution in [2.45, 2.75) is 12.1 Å². The zero-order chi connectivity index (χ0) is 25.1. The number of amides is 1. The van der Waals surface area contributed by atoms with Gasteiger partial charge in [-0.15, -0.1) is 0 Å². The minimum Gasteiger partial charge on any atom is -0.478 e. The van der Waals surface area contributed by atoms with Crippen LogP contribution in [0.15, 0.2) is 97.3 Å². The van der Waals surface area contributed by atoms with Gasteiger partial charge in [0.15, 0.2) is 5.11 Å². The summed E-state index contributed by atoms with van der Waals surface area (Å²) in [6.45, 7) is 0.0229. The van der Waals surface area contributed by atoms with Crippen LogP contribution in [0.4, 0.5) is 5.69 Å². The maximum Gasteiger partial charge on any atom is 0.335 e. The predicted octanol–water partition coefficient (Wildman–Crippen LogP) is 4.18. The second-order valence-corrected chi connectivity index (χ2v) is 8.71. The number of pyridine rings is 1. The van der Waals surface area contributed by atoms with Gasteiger partial charge in [0.2, 0.25) is 5.91 Å². The normalized spacial score (nSPS) is 17.0. The van der Waals surface area contributed by atoms with Gasteiger partial charge < -0.3 is 25.2 Å². The Labute approximate surface area is 213 Å². The number of nitrogens with zero attached hydrogens (tertiary/aromatic N) is 3. The van der Waals surface area contributed by atoms with Gasteiger partial charge >= 0.3 is 5.97 Å². The first-order chi connectivity index (χ1) is 17.5. The Kier molecular flexibility index (Phi) is 6.46. The monoisotopic (exact) mass is 497 g/mol. The number of hydrogen-bond acceptors (Lipinski definition) is 4. The number of aromatic nitrogens is 2. The summed E-state index contributed by atoms with van der Waals surface area (Å²) >= 11 is 5.69. The van der Waals surface area contributed by atoms with Crippen molar-refractivity contribution in [1.29, 1.82) is 0 Å². The molecule has 36 heavy (non-hydrogen) atoms. The molecule has 1 aliphatic heterocycles. The zero-order valence-electron chi connectivity index (χ0n) is 19.1. The molecule has 0 saturated carbocycles. The summed E-state index contributed by atoms with van der Waals surface area (Å²) in [5.41, 5.74) is 3.21. The molecular weight excluding hydrogens is 474 g/mol. The summed E-state index contributed by atoms with van der Waals surface area (Å²) in [4.78, 5) is 31.0. The number of carboxylic acids is 1. The van der Waals surface area contributed by atoms with Crippen LogP contribution < -0.4 is 10.6 Å². The van der Waals surface area contributed by atoms with Gasteiger partial charge in [-0.2, -0.15) is 0 Å². The Balaban J connectivity index is 1.53. The average molecular weight is 498 g/mol. The number of hydrogen-bond donors (Lipinski definition) is 3. The molecule has 3 N–H and O–H groups in total. The number of carbonyl (C=O) groups is 2. The second-order valence-electron chi connectivity index (χ2n) is 8.33. The van der Waals surface area contributed by atoms with Gasteiger partial charge in [-0.25, -0.2) is 4.79 Å². The maximum atomic E-state index is 13.0. The van der Waals surface area contributed by atoms with Crippen molar-refractivity contribution >= 4 is 34.9 Å². The molecule has 0 unspecified atom stereocenters. The number of nitrogens with one attached hydrogen (secondary N) is 2. The van der Waals surface area contributed by atoms with Gasteiger partial charge in [0.25, 0.3) is 0 Å². The number of rotatable bonds is 7. The summed E-state index contributed by atoms with van der Waals surface area (Å²) in [5.74, 6) is -1.21. The first-order valence-electron chi connectivity index (χ1n) is 11.4. The number of anilines is 1. The smallest absolute Gasteiger partial charge is 0.335 e. The van der Waals surface area contributed by atoms with E-state index in [1.165, 1.54) is 0 Å². The van der Waals surface area contributed by atoms with E-state index in [9.17, 15) is 14.7 Å². The van der Waals surface area contributed by atoms with Crippen LogP contribution in [-0.2, 0) is 4.79 Å². The average Bonchev–Trinajstić information content (AvgIpc) is 3.50. The molecule has 0 aliphatic carbocycles. The molecule has 1 saturated heterocycles. The van der Waals surface area contributed by atoms with Crippen LogP contribution in [0.25, 0.3) is 5.69 Å². The molecule has 0 bridgehead atoms. The number of thiocarbonyl (C=S) groups is 1. The van der Waals surface area contributed by atoms with E-state index in [-0.39, 0.29) is 30.1 Å². The highest BCUT2D eigenvalue weighted by molar-refractivity contribution is 7.80. The standard InChI is InChI=1S/C27H23N5O3S/c33-23(29-19-9-2-1-3-10-19)17-32-25(24(30-27(32)36)21-12-4-5-14-28-21)22-13-7-15-31(22)20-11-6-8-18(16-20)26(34)35/h1-16,24-25H,17H2,(H,29,33)(H,30,36)(H,34,35)/t24-,25+/m1/s1. The SMILES string of the molecule is O=C(CN1C(=S)N[C@H](c2ccccn2)[C@@H]1c1cccn1-c1cccc(C(=O)O)c1)Nc1ccccc1. The molecule has 1 amide bonds. The van der Waals surface area contributed by atoms with Crippen molar-refractivity contribution < 1.29 is 14.7 Å². The van der Waals surface area contributed by atoms with Gasteiger partial charge in [-0.05, 0) is 66.8 Å². The quantitative estimate of drug-likeness (QED) is 0.330. The first kappa shape index (κ1) is 23.3. The topological polar surface area (TPSA) is 99.5 Å². The Morgan fingerprint density at radius 2 is 1.81 bits per heavy atom. The highest BCUT2D eigenvalue weighted by atomic mass is 32.1. The summed E-state index contributed by atoms with van der Waals surface area (Å²) in [7, 11) is 0. The van der Waals surface area contributed by atoms with Gasteiger partial charge in [-0.1, -0.05) is 30.3 Å². The molecule has 180 valence electrons. The van der Waals surface area contributed by atoms with Gasteiger partial charge in [0.1, 0.15) is 6.54 Å². The third kappa shape index (κ3) is 4.69. The lowest BCUT2D eigenvalue weighted by Gasteiger charge is -2.28. The molecule has 2 atom stereocenters. The fourth-order valence-electron chi connectivity index (χ4n) is 4.43. The number of benzene rings is 2. The van der Waals surface area contributed by atoms with Crippen LogP contribution in [-0.4, -0.2) is 43.1 Å². The van der Waals surface area contributed by atoms with E-state index in [2.05, 4.69) is 15.6 Å². The first-order valence-corrected chi connectivity index (χ1v) is 11.8. The fourth-order valence-corrected chi connectivity index (χ4v) is 4.74. The van der Waals surface area contributed by atoms with Gasteiger partial charge in [0.05, 0.1) is 23.3 Å². The predicted molar refractivity (Wildman–Crippen MR) is 140 cm³/mol. The summed E-state index contributed by atoms with van der Waals surface area (Å²) < 4.78 is 1.92. The second kappa shape index (κ2) is 10.0. The van der Waals surface area contributed by atoms with E-state index < -0.39 is 5.97 Å². The van der Waals surface area contributed by atoms with E-state index >= 15 is 0 Å². The Bertz CT molecular complexity index is 1410. The molecule has 4 aromatic rings. The molecule has 1 fully saturated rings. The number of carboxylic acid groups (broad SMARTS) is 1. The third-order valence-electron chi connectivity index (χ3n) is 6.02. The molecule has 3 heterocycles. The molecule has 8 nitrogen and oxygen atoms in total. The summed E-state index contributed by atoms with van der Waals surface area (Å²) in [6, 6.07) is 24.8. The molecule has 5 rings (SSSR count). The highest BCUT2D eigenvalue weighted by Gasteiger charge is 2.42. The Morgan fingerprint density at radius 3 is 2.56 bits per heavy atom. The van der Waals surface area contributed by atoms with Crippen LogP contribution in [0, 0.1) is 0 Å². The van der Waals surface area contributed by atoms with Gasteiger partial charge in [0, 0.05) is 29.5 Å². The van der Waals surface area contributed by atoms with Crippen molar-refractivity contribution in [3.05, 3.63) is 114 Å². The largest absolute Gasteiger partial charge is 0.478 e. The van der Waals surface area contributed by atoms with Crippen molar-refractivity contribution in [2.75, 3.05) is 11.9 Å². The number of para-hydroxylation sites is 1. The van der Waals surface area contributed by atoms with Crippen LogP contribution >= 0.6 is 12.2 Å². The molecule has 0 spiro atoms. The highest BCUT2D eigenvalue weighted by Crippen LogP contribution is 2.39. The lowest BCUT2D eigenvalue weighted by atomic mass is 10.0. The van der Waals surface area contributed by atoms with E-state index in [1.807, 2.05) is 82.4 Å². The number of carbonyl (C=O) groups excluding carboxylic acids is 1. The van der Waals surface area contributed by atoms with Crippen LogP contribution in [0.5, 0.6) is 0 Å². The van der Waals surface area contributed by atoms with Crippen molar-refractivity contribution in [2.24, 2.45) is 0 Å². The molecule has 2 aromatic carbocycles. The van der Waals surface area contributed by atoms with Crippen LogP contribution in [0.3, 0.4) is 0 Å². The Morgan fingerprint density at radius 1 is 1.00 bits per heavy atom. The van der Waals surface area contributed by atoms with E-state index in [0.717, 1.165) is 11.4 Å². The molecule has 1 aliphatic rings. The van der Waals surface area contributed by atoms with E-state index in [1.54, 1.807) is 24.4 Å². The molecular formula is C27H23N5O3S. The van der Waals surface area contributed by atoms with Gasteiger partial charge in [-0.3, -0.25) is 9.78 Å². The van der Waals surface area contributed by atoms with E-state index in [4.69, 9.17) is 12.2 Å². The van der Waals surface area contributed by atoms with E-state index in [0.29, 0.717) is 16.5 Å². The molecule has 2 aromatic heterocycles. The van der Waals surface area contributed by atoms with Crippen molar-refractivity contribution in [1.82, 2.24) is 19.8 Å². The lowest BCUT2D eigenvalue weighted by molar-refractivity contribution is -0.116. The van der Waals surface area contributed by atoms with Crippen LogP contribution in [0.2, 0.25) is 0 Å². The lowest BCUT2D eigenvalue weighted by Crippen LogP contribution is -2.37. The van der Waals surface area contributed by atoms with Crippen LogP contribution in [0.1, 0.15) is 33.8 Å². The molecule has 9 heteroatoms. The van der Waals surface area contributed by atoms with Crippen molar-refractivity contribution in [3.63, 3.8) is 0 Å². The molecule has 0 radical (unpaired) electrons. The van der Waals surface area contributed by atoms with Crippen molar-refractivity contribution in [3.8, 4) is 5.69 Å². The number of aromatic carboxylic acids is 1. The zero-order valence-corrected chi connectivity index (χ0v) is 19.9. The fraction of sp³-hybridized carbons (Fsp3) is 0.111.